The van der Waals surface area contributed by atoms with Crippen molar-refractivity contribution in [1.82, 2.24) is 10.3 Å². The summed E-state index contributed by atoms with van der Waals surface area (Å²) in [5, 5.41) is 6.58. The van der Waals surface area contributed by atoms with Crippen LogP contribution in [0.5, 0.6) is 0 Å². The summed E-state index contributed by atoms with van der Waals surface area (Å²) in [5.74, 6) is 0.707. The Kier molecular flexibility index (Phi) is 5.75. The molecule has 1 unspecified atom stereocenters. The van der Waals surface area contributed by atoms with Gasteiger partial charge in [0.15, 0.2) is 0 Å². The zero-order valence-corrected chi connectivity index (χ0v) is 9.52. The molecule has 0 saturated heterocycles. The van der Waals surface area contributed by atoms with Crippen LogP contribution in [0.1, 0.15) is 24.8 Å². The zero-order chi connectivity index (χ0) is 10.2. The second-order valence-corrected chi connectivity index (χ2v) is 4.57. The van der Waals surface area contributed by atoms with Crippen LogP contribution in [-0.2, 0) is 6.54 Å². The largest absolute Gasteiger partial charge is 0.330 e. The summed E-state index contributed by atoms with van der Waals surface area (Å²) < 4.78 is 0. The molecule has 14 heavy (non-hydrogen) atoms. The summed E-state index contributed by atoms with van der Waals surface area (Å²) >= 11 is 1.70. The molecule has 3 N–H and O–H groups in total. The van der Waals surface area contributed by atoms with Gasteiger partial charge >= 0.3 is 0 Å². The third kappa shape index (κ3) is 4.69. The van der Waals surface area contributed by atoms with Crippen LogP contribution in [0.2, 0.25) is 0 Å². The Balaban J connectivity index is 2.03. The molecular weight excluding hydrogens is 194 g/mol. The van der Waals surface area contributed by atoms with E-state index < -0.39 is 0 Å². The first-order valence-electron chi connectivity index (χ1n) is 5.12. The number of aromatic nitrogens is 1. The molecule has 4 heteroatoms. The predicted octanol–water partition coefficient (Wildman–Crippen LogP) is 1.61. The minimum absolute atomic E-state index is 0.707. The van der Waals surface area contributed by atoms with Gasteiger partial charge in [-0.3, -0.25) is 0 Å². The average molecular weight is 213 g/mol. The highest BCUT2D eigenvalue weighted by molar-refractivity contribution is 7.09. The van der Waals surface area contributed by atoms with Gasteiger partial charge < -0.3 is 11.1 Å². The van der Waals surface area contributed by atoms with E-state index in [1.54, 1.807) is 11.3 Å². The third-order valence-corrected chi connectivity index (χ3v) is 2.93. The van der Waals surface area contributed by atoms with Crippen molar-refractivity contribution in [2.45, 2.75) is 26.3 Å². The molecule has 1 heterocycles. The summed E-state index contributed by atoms with van der Waals surface area (Å²) in [6.07, 6.45) is 4.18. The van der Waals surface area contributed by atoms with Crippen LogP contribution in [0.25, 0.3) is 0 Å². The van der Waals surface area contributed by atoms with Gasteiger partial charge in [-0.2, -0.15) is 0 Å². The van der Waals surface area contributed by atoms with Gasteiger partial charge in [0.1, 0.15) is 5.01 Å². The number of nitrogens with two attached hydrogens (primary N) is 1. The third-order valence-electron chi connectivity index (χ3n) is 2.15. The van der Waals surface area contributed by atoms with E-state index in [1.165, 1.54) is 6.42 Å². The lowest BCUT2D eigenvalue weighted by atomic mass is 10.1. The molecule has 0 aromatic carbocycles. The molecule has 0 radical (unpaired) electrons. The topological polar surface area (TPSA) is 50.9 Å². The molecular formula is C10H19N3S. The fraction of sp³-hybridized carbons (Fsp3) is 0.700. The van der Waals surface area contributed by atoms with Crippen LogP contribution in [0.3, 0.4) is 0 Å². The van der Waals surface area contributed by atoms with Crippen LogP contribution in [0.4, 0.5) is 0 Å². The van der Waals surface area contributed by atoms with E-state index >= 15 is 0 Å². The maximum absolute atomic E-state index is 5.45. The first-order chi connectivity index (χ1) is 6.83. The molecule has 0 spiro atoms. The van der Waals surface area contributed by atoms with E-state index in [0.717, 1.165) is 31.1 Å². The predicted molar refractivity (Wildman–Crippen MR) is 61.3 cm³/mol. The van der Waals surface area contributed by atoms with Crippen molar-refractivity contribution in [2.75, 3.05) is 13.1 Å². The molecule has 3 nitrogen and oxygen atoms in total. The lowest BCUT2D eigenvalue weighted by Crippen LogP contribution is -2.21. The average Bonchev–Trinajstić information content (AvgIpc) is 2.67. The van der Waals surface area contributed by atoms with Gasteiger partial charge in [0.2, 0.25) is 0 Å². The zero-order valence-electron chi connectivity index (χ0n) is 8.70. The first-order valence-corrected chi connectivity index (χ1v) is 6.00. The van der Waals surface area contributed by atoms with Crippen molar-refractivity contribution in [3.8, 4) is 0 Å². The van der Waals surface area contributed by atoms with E-state index in [9.17, 15) is 0 Å². The number of rotatable bonds is 7. The van der Waals surface area contributed by atoms with Gasteiger partial charge in [-0.1, -0.05) is 6.92 Å². The molecule has 1 aromatic rings. The number of hydrogen-bond donors (Lipinski definition) is 2. The Morgan fingerprint density at radius 2 is 2.50 bits per heavy atom. The molecule has 0 aliphatic rings. The highest BCUT2D eigenvalue weighted by Crippen LogP contribution is 2.05. The van der Waals surface area contributed by atoms with Crippen LogP contribution in [0, 0.1) is 5.92 Å². The van der Waals surface area contributed by atoms with Crippen molar-refractivity contribution in [3.05, 3.63) is 16.6 Å². The van der Waals surface area contributed by atoms with E-state index in [2.05, 4.69) is 17.2 Å². The minimum Gasteiger partial charge on any atom is -0.330 e. The number of nitrogens with zero attached hydrogens (tertiary/aromatic N) is 1. The standard InChI is InChI=1S/C10H19N3S/c1-9(3-2-4-11)7-12-8-10-13-5-6-14-10/h5-6,9,12H,2-4,7-8,11H2,1H3. The Labute approximate surface area is 89.7 Å². The van der Waals surface area contributed by atoms with Gasteiger partial charge in [0, 0.05) is 18.1 Å². The van der Waals surface area contributed by atoms with Crippen LogP contribution in [-0.4, -0.2) is 18.1 Å². The summed E-state index contributed by atoms with van der Waals surface area (Å²) in [5.41, 5.74) is 5.45. The fourth-order valence-corrected chi connectivity index (χ4v) is 1.92. The molecule has 0 aliphatic carbocycles. The van der Waals surface area contributed by atoms with Crippen molar-refractivity contribution in [2.24, 2.45) is 11.7 Å². The van der Waals surface area contributed by atoms with Crippen molar-refractivity contribution in [1.29, 1.82) is 0 Å². The van der Waals surface area contributed by atoms with Crippen LogP contribution >= 0.6 is 11.3 Å². The minimum atomic E-state index is 0.707. The molecule has 1 aromatic heterocycles. The van der Waals surface area contributed by atoms with E-state index in [4.69, 9.17) is 5.73 Å². The number of nitrogens with one attached hydrogen (secondary N) is 1. The highest BCUT2D eigenvalue weighted by Gasteiger charge is 2.01. The molecule has 0 saturated carbocycles. The number of hydrogen-bond acceptors (Lipinski definition) is 4. The second kappa shape index (κ2) is 6.92. The Bertz CT molecular complexity index is 223. The molecule has 80 valence electrons. The quantitative estimate of drug-likeness (QED) is 0.723. The molecule has 0 bridgehead atoms. The monoisotopic (exact) mass is 213 g/mol. The van der Waals surface area contributed by atoms with Gasteiger partial charge in [0.05, 0.1) is 0 Å². The summed E-state index contributed by atoms with van der Waals surface area (Å²) in [4.78, 5) is 4.21. The Morgan fingerprint density at radius 1 is 1.64 bits per heavy atom. The molecule has 0 aliphatic heterocycles. The molecule has 0 fully saturated rings. The second-order valence-electron chi connectivity index (χ2n) is 3.59. The van der Waals surface area contributed by atoms with E-state index in [1.807, 2.05) is 11.6 Å². The normalized spacial score (nSPS) is 13.0. The summed E-state index contributed by atoms with van der Waals surface area (Å²) in [6.45, 7) is 5.01. The Hall–Kier alpha value is -0.450. The van der Waals surface area contributed by atoms with Crippen LogP contribution in [0.15, 0.2) is 11.6 Å². The van der Waals surface area contributed by atoms with Gasteiger partial charge in [-0.05, 0) is 31.8 Å². The van der Waals surface area contributed by atoms with Crippen LogP contribution < -0.4 is 11.1 Å². The highest BCUT2D eigenvalue weighted by atomic mass is 32.1. The fourth-order valence-electron chi connectivity index (χ4n) is 1.33. The smallest absolute Gasteiger partial charge is 0.106 e. The van der Waals surface area contributed by atoms with Gasteiger partial charge in [0.25, 0.3) is 0 Å². The van der Waals surface area contributed by atoms with Crippen molar-refractivity contribution < 1.29 is 0 Å². The van der Waals surface area contributed by atoms with Gasteiger partial charge in [-0.15, -0.1) is 11.3 Å². The Morgan fingerprint density at radius 3 is 3.14 bits per heavy atom. The molecule has 1 atom stereocenters. The van der Waals surface area contributed by atoms with Gasteiger partial charge in [-0.25, -0.2) is 4.98 Å². The van der Waals surface area contributed by atoms with E-state index in [0.29, 0.717) is 5.92 Å². The lowest BCUT2D eigenvalue weighted by molar-refractivity contribution is 0.469. The molecule has 1 rings (SSSR count). The summed E-state index contributed by atoms with van der Waals surface area (Å²) in [6, 6.07) is 0. The maximum atomic E-state index is 5.45. The lowest BCUT2D eigenvalue weighted by Gasteiger charge is -2.10. The van der Waals surface area contributed by atoms with Crippen molar-refractivity contribution >= 4 is 11.3 Å². The first kappa shape index (κ1) is 11.6. The van der Waals surface area contributed by atoms with Crippen molar-refractivity contribution in [3.63, 3.8) is 0 Å². The SMILES string of the molecule is CC(CCCN)CNCc1nccs1. The molecule has 0 amide bonds. The summed E-state index contributed by atoms with van der Waals surface area (Å²) in [7, 11) is 0. The number of thiazole rings is 1. The maximum Gasteiger partial charge on any atom is 0.106 e. The van der Waals surface area contributed by atoms with E-state index in [-0.39, 0.29) is 0 Å².